The number of rotatable bonds is 13. The van der Waals surface area contributed by atoms with Crippen molar-refractivity contribution in [1.82, 2.24) is 14.5 Å². The van der Waals surface area contributed by atoms with Crippen molar-refractivity contribution in [3.05, 3.63) is 89.1 Å². The summed E-state index contributed by atoms with van der Waals surface area (Å²) in [6.07, 6.45) is 4.34. The number of para-hydroxylation sites is 1. The Labute approximate surface area is 231 Å². The molecule has 0 fully saturated rings. The molecule has 0 amide bonds. The second-order valence-corrected chi connectivity index (χ2v) is 10.0. The molecule has 0 atom stereocenters. The number of unbranched alkanes of at least 4 members (excludes halogenated alkanes) is 2. The number of imidazole rings is 1. The number of phenolic OH excluding ortho intramolecular Hbond substituents is 1. The Morgan fingerprint density at radius 1 is 0.921 bits per heavy atom. The summed E-state index contributed by atoms with van der Waals surface area (Å²) in [5.41, 5.74) is 5.23. The van der Waals surface area contributed by atoms with E-state index in [0.29, 0.717) is 18.1 Å². The van der Waals surface area contributed by atoms with Crippen LogP contribution in [0.1, 0.15) is 50.8 Å². The molecule has 4 rings (SSSR count). The van der Waals surface area contributed by atoms with E-state index in [9.17, 15) is 5.11 Å². The molecule has 5 nitrogen and oxygen atoms in total. The molecule has 200 valence electrons. The normalized spacial score (nSPS) is 11.3. The van der Waals surface area contributed by atoms with Gasteiger partial charge in [0.05, 0.1) is 18.5 Å². The molecule has 1 heterocycles. The number of aromatic nitrogens is 2. The number of hydrogen-bond acceptors (Lipinski definition) is 4. The third-order valence-corrected chi connectivity index (χ3v) is 7.19. The van der Waals surface area contributed by atoms with Crippen LogP contribution in [-0.4, -0.2) is 33.2 Å². The number of phenols is 1. The maximum Gasteiger partial charge on any atom is 0.140 e. The van der Waals surface area contributed by atoms with Gasteiger partial charge in [-0.15, -0.1) is 0 Å². The Morgan fingerprint density at radius 3 is 2.37 bits per heavy atom. The zero-order valence-electron chi connectivity index (χ0n) is 22.7. The maximum atomic E-state index is 9.87. The van der Waals surface area contributed by atoms with E-state index in [1.807, 2.05) is 30.3 Å². The Morgan fingerprint density at radius 2 is 1.66 bits per heavy atom. The highest BCUT2D eigenvalue weighted by molar-refractivity contribution is 6.31. The molecule has 0 aliphatic rings. The summed E-state index contributed by atoms with van der Waals surface area (Å²) in [4.78, 5) is 7.72. The number of ether oxygens (including phenoxy) is 1. The predicted octanol–water partition coefficient (Wildman–Crippen LogP) is 8.19. The highest BCUT2D eigenvalue weighted by Crippen LogP contribution is 2.36. The fourth-order valence-electron chi connectivity index (χ4n) is 4.78. The topological polar surface area (TPSA) is 50.5 Å². The SMILES string of the molecule is CCCCN(Cc1ccc(O)cc1Cl)Cc1c(-c2ccccc2OC)nc(-c2ccccc2)n1CCCC. The van der Waals surface area contributed by atoms with Crippen molar-refractivity contribution in [2.75, 3.05) is 13.7 Å². The molecule has 0 aliphatic carbocycles. The van der Waals surface area contributed by atoms with Crippen molar-refractivity contribution in [2.45, 2.75) is 59.2 Å². The van der Waals surface area contributed by atoms with Crippen molar-refractivity contribution in [3.63, 3.8) is 0 Å². The first kappa shape index (κ1) is 27.7. The van der Waals surface area contributed by atoms with Crippen LogP contribution >= 0.6 is 11.6 Å². The minimum atomic E-state index is 0.183. The van der Waals surface area contributed by atoms with Gasteiger partial charge in [-0.1, -0.05) is 86.8 Å². The van der Waals surface area contributed by atoms with Gasteiger partial charge in [-0.3, -0.25) is 4.90 Å². The molecule has 0 radical (unpaired) electrons. The second kappa shape index (κ2) is 13.5. The Bertz CT molecular complexity index is 1320. The van der Waals surface area contributed by atoms with E-state index in [-0.39, 0.29) is 5.75 Å². The molecule has 4 aromatic rings. The van der Waals surface area contributed by atoms with Gasteiger partial charge in [0, 0.05) is 35.8 Å². The first-order valence-corrected chi connectivity index (χ1v) is 13.9. The highest BCUT2D eigenvalue weighted by atomic mass is 35.5. The first-order valence-electron chi connectivity index (χ1n) is 13.5. The van der Waals surface area contributed by atoms with Crippen LogP contribution in [0.25, 0.3) is 22.6 Å². The van der Waals surface area contributed by atoms with E-state index in [2.05, 4.69) is 53.6 Å². The fraction of sp³-hybridized carbons (Fsp3) is 0.344. The minimum Gasteiger partial charge on any atom is -0.508 e. The average Bonchev–Trinajstić information content (AvgIpc) is 3.29. The molecule has 0 bridgehead atoms. The van der Waals surface area contributed by atoms with Gasteiger partial charge in [0.25, 0.3) is 0 Å². The third kappa shape index (κ3) is 6.58. The quantitative estimate of drug-likeness (QED) is 0.189. The Hall–Kier alpha value is -3.28. The molecule has 0 saturated carbocycles. The number of hydrogen-bond donors (Lipinski definition) is 1. The van der Waals surface area contributed by atoms with Crippen LogP contribution in [0.4, 0.5) is 0 Å². The van der Waals surface area contributed by atoms with E-state index in [1.54, 1.807) is 19.2 Å². The lowest BCUT2D eigenvalue weighted by Crippen LogP contribution is -2.26. The van der Waals surface area contributed by atoms with E-state index >= 15 is 0 Å². The number of aromatic hydroxyl groups is 1. The lowest BCUT2D eigenvalue weighted by Gasteiger charge is -2.25. The lowest BCUT2D eigenvalue weighted by atomic mass is 10.1. The summed E-state index contributed by atoms with van der Waals surface area (Å²) in [6, 6.07) is 23.8. The minimum absolute atomic E-state index is 0.183. The van der Waals surface area contributed by atoms with E-state index in [0.717, 1.165) is 72.7 Å². The number of halogens is 1. The monoisotopic (exact) mass is 531 g/mol. The van der Waals surface area contributed by atoms with Gasteiger partial charge in [-0.2, -0.15) is 0 Å². The van der Waals surface area contributed by atoms with Gasteiger partial charge in [-0.25, -0.2) is 4.98 Å². The standard InChI is InChI=1S/C32H38ClN3O2/c1-4-6-19-35(22-25-17-18-26(37)21-28(25)33)23-29-31(27-15-11-12-16-30(27)38-3)34-32(36(29)20-7-5-2)24-13-9-8-10-14-24/h8-18,21,37H,4-7,19-20,22-23H2,1-3H3. The van der Waals surface area contributed by atoms with Crippen molar-refractivity contribution >= 4 is 11.6 Å². The van der Waals surface area contributed by atoms with Crippen LogP contribution in [-0.2, 0) is 19.6 Å². The molecule has 0 unspecified atom stereocenters. The van der Waals surface area contributed by atoms with Gasteiger partial charge in [0.1, 0.15) is 17.3 Å². The smallest absolute Gasteiger partial charge is 0.140 e. The van der Waals surface area contributed by atoms with Crippen molar-refractivity contribution in [2.24, 2.45) is 0 Å². The van der Waals surface area contributed by atoms with Crippen LogP contribution in [0.15, 0.2) is 72.8 Å². The van der Waals surface area contributed by atoms with Crippen molar-refractivity contribution in [3.8, 4) is 34.1 Å². The summed E-state index contributed by atoms with van der Waals surface area (Å²) >= 11 is 6.54. The molecular weight excluding hydrogens is 494 g/mol. The van der Waals surface area contributed by atoms with Crippen molar-refractivity contribution < 1.29 is 9.84 Å². The van der Waals surface area contributed by atoms with Gasteiger partial charge in [0.15, 0.2) is 0 Å². The van der Waals surface area contributed by atoms with Crippen LogP contribution < -0.4 is 4.74 Å². The molecule has 3 aromatic carbocycles. The second-order valence-electron chi connectivity index (χ2n) is 9.64. The third-order valence-electron chi connectivity index (χ3n) is 6.83. The summed E-state index contributed by atoms with van der Waals surface area (Å²) in [7, 11) is 1.71. The first-order chi connectivity index (χ1) is 18.5. The van der Waals surface area contributed by atoms with Gasteiger partial charge in [-0.05, 0) is 49.2 Å². The molecule has 0 spiro atoms. The number of nitrogens with zero attached hydrogens (tertiary/aromatic N) is 3. The number of benzene rings is 3. The lowest BCUT2D eigenvalue weighted by molar-refractivity contribution is 0.246. The molecule has 0 aliphatic heterocycles. The fourth-order valence-corrected chi connectivity index (χ4v) is 5.01. The zero-order valence-corrected chi connectivity index (χ0v) is 23.4. The molecule has 6 heteroatoms. The van der Waals surface area contributed by atoms with E-state index in [4.69, 9.17) is 21.3 Å². The zero-order chi connectivity index (χ0) is 26.9. The van der Waals surface area contributed by atoms with Gasteiger partial charge >= 0.3 is 0 Å². The summed E-state index contributed by atoms with van der Waals surface area (Å²) in [5.74, 6) is 1.98. The highest BCUT2D eigenvalue weighted by Gasteiger charge is 2.24. The molecule has 0 saturated heterocycles. The van der Waals surface area contributed by atoms with Gasteiger partial charge < -0.3 is 14.4 Å². The van der Waals surface area contributed by atoms with Crippen molar-refractivity contribution in [1.29, 1.82) is 0 Å². The van der Waals surface area contributed by atoms with Gasteiger partial charge in [0.2, 0.25) is 0 Å². The number of methoxy groups -OCH3 is 1. The van der Waals surface area contributed by atoms with E-state index < -0.39 is 0 Å². The maximum absolute atomic E-state index is 9.87. The molecular formula is C32H38ClN3O2. The van der Waals surface area contributed by atoms with Crippen LogP contribution in [0.2, 0.25) is 5.02 Å². The summed E-state index contributed by atoms with van der Waals surface area (Å²) < 4.78 is 8.18. The summed E-state index contributed by atoms with van der Waals surface area (Å²) in [6.45, 7) is 7.65. The average molecular weight is 532 g/mol. The van der Waals surface area contributed by atoms with Crippen LogP contribution in [0.3, 0.4) is 0 Å². The van der Waals surface area contributed by atoms with Crippen LogP contribution in [0, 0.1) is 0 Å². The largest absolute Gasteiger partial charge is 0.508 e. The molecule has 38 heavy (non-hydrogen) atoms. The Balaban J connectivity index is 1.85. The van der Waals surface area contributed by atoms with Crippen LogP contribution in [0.5, 0.6) is 11.5 Å². The summed E-state index contributed by atoms with van der Waals surface area (Å²) in [5, 5.41) is 10.5. The van der Waals surface area contributed by atoms with E-state index in [1.165, 1.54) is 5.69 Å². The Kier molecular flexibility index (Phi) is 9.85. The predicted molar refractivity (Wildman–Crippen MR) is 157 cm³/mol. The molecule has 1 aromatic heterocycles. The molecule has 1 N–H and O–H groups in total.